The molecular formula is C13H16F2N2O. The molecule has 1 saturated carbocycles. The molecule has 0 spiro atoms. The third kappa shape index (κ3) is 2.60. The summed E-state index contributed by atoms with van der Waals surface area (Å²) in [5, 5.41) is 0. The van der Waals surface area contributed by atoms with Crippen LogP contribution in [0.5, 0.6) is 0 Å². The highest BCUT2D eigenvalue weighted by Crippen LogP contribution is 2.30. The van der Waals surface area contributed by atoms with E-state index in [1.54, 1.807) is 4.90 Å². The van der Waals surface area contributed by atoms with Crippen molar-refractivity contribution in [2.24, 2.45) is 5.92 Å². The summed E-state index contributed by atoms with van der Waals surface area (Å²) in [5.74, 6) is -1.58. The van der Waals surface area contributed by atoms with Crippen LogP contribution in [0.25, 0.3) is 0 Å². The molecule has 1 aliphatic rings. The summed E-state index contributed by atoms with van der Waals surface area (Å²) in [5.41, 5.74) is 4.65. The summed E-state index contributed by atoms with van der Waals surface area (Å²) >= 11 is 0. The number of nitrogen functional groups attached to an aromatic ring is 1. The van der Waals surface area contributed by atoms with Crippen molar-refractivity contribution in [3.8, 4) is 0 Å². The van der Waals surface area contributed by atoms with Gasteiger partial charge in [-0.2, -0.15) is 0 Å². The molecule has 0 aliphatic heterocycles. The number of hydrogen-bond donors (Lipinski definition) is 1. The number of hydrogen-bond acceptors (Lipinski definition) is 2. The monoisotopic (exact) mass is 254 g/mol. The molecule has 3 nitrogen and oxygen atoms in total. The van der Waals surface area contributed by atoms with Gasteiger partial charge in [0, 0.05) is 18.7 Å². The Morgan fingerprint density at radius 3 is 2.39 bits per heavy atom. The number of rotatable bonds is 4. The highest BCUT2D eigenvalue weighted by atomic mass is 19.1. The average Bonchev–Trinajstić information content (AvgIpc) is 3.15. The lowest BCUT2D eigenvalue weighted by Gasteiger charge is -2.21. The van der Waals surface area contributed by atoms with Crippen LogP contribution in [-0.2, 0) is 0 Å². The molecule has 1 aromatic rings. The lowest BCUT2D eigenvalue weighted by atomic mass is 10.1. The Bertz CT molecular complexity index is 449. The minimum absolute atomic E-state index is 0.0155. The molecule has 0 saturated heterocycles. The molecule has 0 heterocycles. The molecule has 0 atom stereocenters. The van der Waals surface area contributed by atoms with E-state index in [-0.39, 0.29) is 11.5 Å². The van der Waals surface area contributed by atoms with Crippen LogP contribution in [0, 0.1) is 17.6 Å². The van der Waals surface area contributed by atoms with Gasteiger partial charge in [0.25, 0.3) is 5.91 Å². The van der Waals surface area contributed by atoms with Gasteiger partial charge in [0.1, 0.15) is 17.3 Å². The molecule has 0 aromatic heterocycles. The molecule has 1 aliphatic carbocycles. The van der Waals surface area contributed by atoms with E-state index in [2.05, 4.69) is 0 Å². The predicted octanol–water partition coefficient (Wildman–Crippen LogP) is 2.42. The van der Waals surface area contributed by atoms with E-state index >= 15 is 0 Å². The van der Waals surface area contributed by atoms with Crippen molar-refractivity contribution >= 4 is 11.6 Å². The Labute approximate surface area is 105 Å². The van der Waals surface area contributed by atoms with Gasteiger partial charge in [-0.15, -0.1) is 0 Å². The molecule has 5 heteroatoms. The summed E-state index contributed by atoms with van der Waals surface area (Å²) < 4.78 is 26.6. The largest absolute Gasteiger partial charge is 0.394 e. The quantitative estimate of drug-likeness (QED) is 0.839. The number of benzene rings is 1. The van der Waals surface area contributed by atoms with Crippen molar-refractivity contribution in [3.63, 3.8) is 0 Å². The normalized spacial score (nSPS) is 14.6. The molecule has 1 aromatic carbocycles. The van der Waals surface area contributed by atoms with E-state index in [1.807, 2.05) is 6.92 Å². The van der Waals surface area contributed by atoms with Gasteiger partial charge in [-0.25, -0.2) is 8.78 Å². The number of anilines is 1. The van der Waals surface area contributed by atoms with Crippen molar-refractivity contribution in [1.29, 1.82) is 0 Å². The second-order valence-electron chi connectivity index (χ2n) is 4.64. The van der Waals surface area contributed by atoms with Crippen molar-refractivity contribution < 1.29 is 13.6 Å². The minimum atomic E-state index is -0.888. The van der Waals surface area contributed by atoms with Gasteiger partial charge in [0.2, 0.25) is 0 Å². The third-order valence-electron chi connectivity index (χ3n) is 3.17. The fraction of sp³-hybridized carbons (Fsp3) is 0.462. The van der Waals surface area contributed by atoms with Crippen LogP contribution in [0.4, 0.5) is 14.5 Å². The number of carbonyl (C=O) groups excluding carboxylic acids is 1. The Morgan fingerprint density at radius 1 is 1.39 bits per heavy atom. The molecule has 98 valence electrons. The first-order valence-electron chi connectivity index (χ1n) is 6.06. The Morgan fingerprint density at radius 2 is 1.94 bits per heavy atom. The zero-order valence-electron chi connectivity index (χ0n) is 10.2. The van der Waals surface area contributed by atoms with Gasteiger partial charge in [-0.1, -0.05) is 0 Å². The standard InChI is InChI=1S/C13H16F2N2O/c1-2-17(7-8-3-4-8)13(18)9-5-10(14)12(16)11(15)6-9/h5-6,8H,2-4,7,16H2,1H3. The third-order valence-corrected chi connectivity index (χ3v) is 3.17. The van der Waals surface area contributed by atoms with Crippen molar-refractivity contribution in [2.45, 2.75) is 19.8 Å². The minimum Gasteiger partial charge on any atom is -0.394 e. The number of carbonyl (C=O) groups is 1. The van der Waals surface area contributed by atoms with Crippen LogP contribution in [0.3, 0.4) is 0 Å². The van der Waals surface area contributed by atoms with Crippen LogP contribution in [-0.4, -0.2) is 23.9 Å². The number of nitrogens with two attached hydrogens (primary N) is 1. The summed E-state index contributed by atoms with van der Waals surface area (Å²) in [6.45, 7) is 3.04. The van der Waals surface area contributed by atoms with E-state index in [4.69, 9.17) is 5.73 Å². The average molecular weight is 254 g/mol. The fourth-order valence-electron chi connectivity index (χ4n) is 1.86. The van der Waals surface area contributed by atoms with E-state index in [0.717, 1.165) is 25.0 Å². The first kappa shape index (κ1) is 12.8. The Hall–Kier alpha value is -1.65. The van der Waals surface area contributed by atoms with Gasteiger partial charge in [-0.3, -0.25) is 4.79 Å². The summed E-state index contributed by atoms with van der Waals surface area (Å²) in [6, 6.07) is 1.99. The van der Waals surface area contributed by atoms with Crippen molar-refractivity contribution in [2.75, 3.05) is 18.8 Å². The van der Waals surface area contributed by atoms with Gasteiger partial charge >= 0.3 is 0 Å². The second-order valence-corrected chi connectivity index (χ2v) is 4.64. The maximum Gasteiger partial charge on any atom is 0.254 e. The molecule has 0 radical (unpaired) electrons. The smallest absolute Gasteiger partial charge is 0.254 e. The fourth-order valence-corrected chi connectivity index (χ4v) is 1.86. The summed E-state index contributed by atoms with van der Waals surface area (Å²) in [6.07, 6.45) is 2.24. The predicted molar refractivity (Wildman–Crippen MR) is 65.1 cm³/mol. The van der Waals surface area contributed by atoms with Crippen LogP contribution in [0.2, 0.25) is 0 Å². The topological polar surface area (TPSA) is 46.3 Å². The number of halogens is 2. The van der Waals surface area contributed by atoms with E-state index < -0.39 is 17.3 Å². The lowest BCUT2D eigenvalue weighted by Crippen LogP contribution is -2.32. The first-order valence-corrected chi connectivity index (χ1v) is 6.06. The first-order chi connectivity index (χ1) is 8.52. The van der Waals surface area contributed by atoms with Crippen LogP contribution < -0.4 is 5.73 Å². The highest BCUT2D eigenvalue weighted by molar-refractivity contribution is 5.94. The molecule has 0 unspecified atom stereocenters. The maximum absolute atomic E-state index is 13.3. The molecule has 1 amide bonds. The van der Waals surface area contributed by atoms with Gasteiger partial charge in [-0.05, 0) is 37.8 Å². The summed E-state index contributed by atoms with van der Waals surface area (Å²) in [4.78, 5) is 13.7. The molecule has 2 N–H and O–H groups in total. The van der Waals surface area contributed by atoms with E-state index in [9.17, 15) is 13.6 Å². The Kier molecular flexibility index (Phi) is 3.50. The highest BCUT2D eigenvalue weighted by Gasteiger charge is 2.27. The number of nitrogens with zero attached hydrogens (tertiary/aromatic N) is 1. The number of amides is 1. The van der Waals surface area contributed by atoms with Crippen LogP contribution in [0.15, 0.2) is 12.1 Å². The molecule has 18 heavy (non-hydrogen) atoms. The van der Waals surface area contributed by atoms with Gasteiger partial charge in [0.05, 0.1) is 0 Å². The molecule has 0 bridgehead atoms. The zero-order chi connectivity index (χ0) is 13.3. The van der Waals surface area contributed by atoms with E-state index in [0.29, 0.717) is 19.0 Å². The van der Waals surface area contributed by atoms with Crippen molar-refractivity contribution in [3.05, 3.63) is 29.3 Å². The van der Waals surface area contributed by atoms with Gasteiger partial charge in [0.15, 0.2) is 0 Å². The van der Waals surface area contributed by atoms with Crippen LogP contribution >= 0.6 is 0 Å². The van der Waals surface area contributed by atoms with E-state index in [1.165, 1.54) is 0 Å². The van der Waals surface area contributed by atoms with Crippen LogP contribution in [0.1, 0.15) is 30.1 Å². The molecule has 1 fully saturated rings. The van der Waals surface area contributed by atoms with Gasteiger partial charge < -0.3 is 10.6 Å². The maximum atomic E-state index is 13.3. The second kappa shape index (κ2) is 4.92. The SMILES string of the molecule is CCN(CC1CC1)C(=O)c1cc(F)c(N)c(F)c1. The lowest BCUT2D eigenvalue weighted by molar-refractivity contribution is 0.0756. The zero-order valence-corrected chi connectivity index (χ0v) is 10.2. The molecule has 2 rings (SSSR count). The van der Waals surface area contributed by atoms with Crippen molar-refractivity contribution in [1.82, 2.24) is 4.90 Å². The Balaban J connectivity index is 2.20. The molecular weight excluding hydrogens is 238 g/mol. The summed E-state index contributed by atoms with van der Waals surface area (Å²) in [7, 11) is 0.